The zero-order chi connectivity index (χ0) is 14.8. The van der Waals surface area contributed by atoms with E-state index in [-0.39, 0.29) is 23.8 Å². The van der Waals surface area contributed by atoms with E-state index in [1.807, 2.05) is 6.07 Å². The Kier molecular flexibility index (Phi) is 3.43. The number of carbonyl (C=O) groups is 2. The molecule has 0 aliphatic carbocycles. The zero-order valence-corrected chi connectivity index (χ0v) is 11.4. The molecule has 1 saturated heterocycles. The quantitative estimate of drug-likeness (QED) is 0.800. The van der Waals surface area contributed by atoms with Gasteiger partial charge in [0.2, 0.25) is 11.5 Å². The Balaban J connectivity index is 2.01. The van der Waals surface area contributed by atoms with Crippen LogP contribution in [0.2, 0.25) is 0 Å². The predicted octanol–water partition coefficient (Wildman–Crippen LogP) is 0.490. The molecule has 1 aromatic carbocycles. The third-order valence-electron chi connectivity index (χ3n) is 3.58. The first-order valence-electron chi connectivity index (χ1n) is 6.83. The first-order chi connectivity index (χ1) is 10.1. The van der Waals surface area contributed by atoms with Gasteiger partial charge in [0.1, 0.15) is 0 Å². The van der Waals surface area contributed by atoms with Crippen molar-refractivity contribution in [2.75, 3.05) is 19.6 Å². The summed E-state index contributed by atoms with van der Waals surface area (Å²) in [5, 5.41) is 3.44. The van der Waals surface area contributed by atoms with E-state index in [0.717, 1.165) is 0 Å². The number of hydrogen-bond donors (Lipinski definition) is 2. The summed E-state index contributed by atoms with van der Waals surface area (Å²) in [6.45, 7) is 1.25. The van der Waals surface area contributed by atoms with Crippen molar-refractivity contribution in [3.8, 4) is 0 Å². The number of benzene rings is 1. The molecule has 2 N–H and O–H groups in total. The number of aromatic amines is 1. The summed E-state index contributed by atoms with van der Waals surface area (Å²) in [6.07, 6.45) is 0.285. The molecule has 0 atom stereocenters. The lowest BCUT2D eigenvalue weighted by atomic mass is 10.1. The van der Waals surface area contributed by atoms with Crippen molar-refractivity contribution < 1.29 is 9.59 Å². The highest BCUT2D eigenvalue weighted by atomic mass is 16.2. The van der Waals surface area contributed by atoms with E-state index in [1.165, 1.54) is 6.07 Å². The number of H-pyrrole nitrogens is 1. The molecule has 0 spiro atoms. The molecule has 2 heterocycles. The summed E-state index contributed by atoms with van der Waals surface area (Å²) in [4.78, 5) is 40.1. The number of pyridine rings is 1. The minimum atomic E-state index is -0.305. The highest BCUT2D eigenvalue weighted by Crippen LogP contribution is 2.17. The molecule has 6 heteroatoms. The molecular weight excluding hydrogens is 270 g/mol. The number of nitrogens with one attached hydrogen (secondary N) is 2. The molecule has 108 valence electrons. The molecule has 0 radical (unpaired) electrons. The van der Waals surface area contributed by atoms with Gasteiger partial charge < -0.3 is 15.2 Å². The number of rotatable bonds is 1. The van der Waals surface area contributed by atoms with Crippen molar-refractivity contribution in [2.24, 2.45) is 0 Å². The zero-order valence-electron chi connectivity index (χ0n) is 11.4. The van der Waals surface area contributed by atoms with Crippen molar-refractivity contribution in [2.45, 2.75) is 6.42 Å². The van der Waals surface area contributed by atoms with Gasteiger partial charge in [-0.3, -0.25) is 14.4 Å². The Morgan fingerprint density at radius 1 is 1.14 bits per heavy atom. The summed E-state index contributed by atoms with van der Waals surface area (Å²) in [7, 11) is 0. The van der Waals surface area contributed by atoms with Gasteiger partial charge in [-0.1, -0.05) is 18.2 Å². The van der Waals surface area contributed by atoms with Crippen molar-refractivity contribution in [3.05, 3.63) is 46.2 Å². The molecule has 0 saturated carbocycles. The number of para-hydroxylation sites is 1. The molecule has 21 heavy (non-hydrogen) atoms. The van der Waals surface area contributed by atoms with E-state index in [2.05, 4.69) is 10.3 Å². The van der Waals surface area contributed by atoms with Crippen LogP contribution in [-0.4, -0.2) is 41.3 Å². The summed E-state index contributed by atoms with van der Waals surface area (Å²) in [5.41, 5.74) is 0.710. The largest absolute Gasteiger partial charge is 0.354 e. The third-order valence-corrected chi connectivity index (χ3v) is 3.58. The normalized spacial score (nSPS) is 15.6. The van der Waals surface area contributed by atoms with Gasteiger partial charge in [-0.05, 0) is 6.07 Å². The first-order valence-corrected chi connectivity index (χ1v) is 6.83. The second kappa shape index (κ2) is 5.40. The molecule has 1 fully saturated rings. The molecule has 1 aliphatic rings. The van der Waals surface area contributed by atoms with Gasteiger partial charge >= 0.3 is 0 Å². The van der Waals surface area contributed by atoms with Crippen molar-refractivity contribution in [1.82, 2.24) is 15.2 Å². The molecule has 1 aromatic heterocycles. The number of carbonyl (C=O) groups excluding carboxylic acids is 2. The maximum Gasteiger partial charge on any atom is 0.254 e. The maximum absolute atomic E-state index is 12.7. The molecular formula is C15H15N3O3. The van der Waals surface area contributed by atoms with Crippen molar-refractivity contribution in [3.63, 3.8) is 0 Å². The van der Waals surface area contributed by atoms with E-state index in [0.29, 0.717) is 36.1 Å². The Bertz CT molecular complexity index is 766. The van der Waals surface area contributed by atoms with Crippen LogP contribution < -0.4 is 10.9 Å². The highest BCUT2D eigenvalue weighted by molar-refractivity contribution is 6.06. The molecule has 3 rings (SSSR count). The van der Waals surface area contributed by atoms with E-state index in [9.17, 15) is 14.4 Å². The van der Waals surface area contributed by atoms with Gasteiger partial charge in [0.15, 0.2) is 0 Å². The summed E-state index contributed by atoms with van der Waals surface area (Å²) in [5.74, 6) is -0.269. The van der Waals surface area contributed by atoms with Crippen LogP contribution in [0, 0.1) is 0 Å². The maximum atomic E-state index is 12.7. The smallest absolute Gasteiger partial charge is 0.254 e. The van der Waals surface area contributed by atoms with Crippen molar-refractivity contribution in [1.29, 1.82) is 0 Å². The van der Waals surface area contributed by atoms with Crippen LogP contribution in [-0.2, 0) is 4.79 Å². The van der Waals surface area contributed by atoms with Crippen molar-refractivity contribution >= 4 is 22.7 Å². The van der Waals surface area contributed by atoms with Crippen LogP contribution in [0.25, 0.3) is 10.9 Å². The van der Waals surface area contributed by atoms with Gasteiger partial charge in [-0.15, -0.1) is 0 Å². The molecule has 0 bridgehead atoms. The first kappa shape index (κ1) is 13.4. The Morgan fingerprint density at radius 2 is 1.95 bits per heavy atom. The van der Waals surface area contributed by atoms with Gasteiger partial charge in [0, 0.05) is 43.0 Å². The number of amides is 2. The summed E-state index contributed by atoms with van der Waals surface area (Å²) in [6, 6.07) is 8.53. The number of nitrogens with zero attached hydrogens (tertiary/aromatic N) is 1. The minimum absolute atomic E-state index is 0.0546. The molecule has 6 nitrogen and oxygen atoms in total. The van der Waals surface area contributed by atoms with Gasteiger partial charge in [0.25, 0.3) is 5.91 Å². The minimum Gasteiger partial charge on any atom is -0.354 e. The van der Waals surface area contributed by atoms with Crippen LogP contribution in [0.3, 0.4) is 0 Å². The summed E-state index contributed by atoms with van der Waals surface area (Å²) < 4.78 is 0. The fourth-order valence-corrected chi connectivity index (χ4v) is 2.52. The number of hydrogen-bond acceptors (Lipinski definition) is 3. The Hall–Kier alpha value is -2.63. The lowest BCUT2D eigenvalue weighted by molar-refractivity contribution is -0.120. The van der Waals surface area contributed by atoms with E-state index in [1.54, 1.807) is 23.1 Å². The molecule has 2 amide bonds. The fraction of sp³-hybridized carbons (Fsp3) is 0.267. The van der Waals surface area contributed by atoms with Gasteiger partial charge in [-0.2, -0.15) is 0 Å². The van der Waals surface area contributed by atoms with Crippen LogP contribution in [0.15, 0.2) is 35.1 Å². The number of aromatic nitrogens is 1. The fourth-order valence-electron chi connectivity index (χ4n) is 2.52. The number of fused-ring (bicyclic) bond motifs is 1. The topological polar surface area (TPSA) is 82.3 Å². The van der Waals surface area contributed by atoms with E-state index in [4.69, 9.17) is 0 Å². The Morgan fingerprint density at radius 3 is 2.81 bits per heavy atom. The predicted molar refractivity (Wildman–Crippen MR) is 78.1 cm³/mol. The van der Waals surface area contributed by atoms with Gasteiger partial charge in [-0.25, -0.2) is 0 Å². The lowest BCUT2D eigenvalue weighted by Crippen LogP contribution is -2.34. The average Bonchev–Trinajstić information content (AvgIpc) is 2.70. The van der Waals surface area contributed by atoms with Crippen LogP contribution >= 0.6 is 0 Å². The van der Waals surface area contributed by atoms with Crippen LogP contribution in [0.4, 0.5) is 0 Å². The van der Waals surface area contributed by atoms with Gasteiger partial charge in [0.05, 0.1) is 5.56 Å². The van der Waals surface area contributed by atoms with E-state index < -0.39 is 0 Å². The van der Waals surface area contributed by atoms with Crippen LogP contribution in [0.5, 0.6) is 0 Å². The summed E-state index contributed by atoms with van der Waals surface area (Å²) >= 11 is 0. The molecule has 1 aliphatic heterocycles. The second-order valence-electron chi connectivity index (χ2n) is 4.99. The SMILES string of the molecule is O=C1CCN(C(=O)c2cc(=O)[nH]c3ccccc23)CCN1. The average molecular weight is 285 g/mol. The monoisotopic (exact) mass is 285 g/mol. The van der Waals surface area contributed by atoms with Crippen LogP contribution in [0.1, 0.15) is 16.8 Å². The standard InChI is InChI=1S/C15H15N3O3/c19-13-5-7-18(8-6-16-13)15(21)11-9-14(20)17-12-4-2-1-3-10(11)12/h1-4,9H,5-8H2,(H,16,19)(H,17,20). The molecule has 0 unspecified atom stereocenters. The molecule has 2 aromatic rings. The second-order valence-corrected chi connectivity index (χ2v) is 4.99. The Labute approximate surface area is 120 Å². The third kappa shape index (κ3) is 2.65. The highest BCUT2D eigenvalue weighted by Gasteiger charge is 2.21. The lowest BCUT2D eigenvalue weighted by Gasteiger charge is -2.20. The van der Waals surface area contributed by atoms with E-state index >= 15 is 0 Å².